The number of nitrogens with one attached hydrogen (secondary N) is 2. The summed E-state index contributed by atoms with van der Waals surface area (Å²) in [5.74, 6) is 0.504. The molecule has 1 aliphatic rings. The lowest BCUT2D eigenvalue weighted by Gasteiger charge is -2.22. The van der Waals surface area contributed by atoms with Gasteiger partial charge in [0.1, 0.15) is 6.61 Å². The van der Waals surface area contributed by atoms with Crippen molar-refractivity contribution in [2.45, 2.75) is 39.0 Å². The first kappa shape index (κ1) is 14.2. The number of esters is 1. The summed E-state index contributed by atoms with van der Waals surface area (Å²) >= 11 is 5.14. The van der Waals surface area contributed by atoms with Gasteiger partial charge < -0.3 is 15.4 Å². The summed E-state index contributed by atoms with van der Waals surface area (Å²) in [6.45, 7) is 3.29. The molecule has 0 aliphatic heterocycles. The normalized spacial score (nSPS) is 16.3. The monoisotopic (exact) mass is 258 g/mol. The molecule has 0 spiro atoms. The van der Waals surface area contributed by atoms with Crippen molar-refractivity contribution >= 4 is 23.3 Å². The summed E-state index contributed by atoms with van der Waals surface area (Å²) in [6, 6.07) is 0. The van der Waals surface area contributed by atoms with Crippen molar-refractivity contribution in [2.75, 3.05) is 19.7 Å². The molecule has 1 fully saturated rings. The zero-order valence-corrected chi connectivity index (χ0v) is 11.3. The SMILES string of the molecule is CC(=O)OCCNC(=S)NCC1CCCCC1. The van der Waals surface area contributed by atoms with Gasteiger partial charge in [-0.2, -0.15) is 0 Å². The van der Waals surface area contributed by atoms with E-state index in [0.29, 0.717) is 18.3 Å². The molecular weight excluding hydrogens is 236 g/mol. The predicted octanol–water partition coefficient (Wildman–Crippen LogP) is 1.59. The molecule has 0 heterocycles. The van der Waals surface area contributed by atoms with E-state index in [0.717, 1.165) is 12.5 Å². The summed E-state index contributed by atoms with van der Waals surface area (Å²) in [4.78, 5) is 10.5. The van der Waals surface area contributed by atoms with Crippen LogP contribution in [0, 0.1) is 5.92 Å². The molecule has 1 aliphatic carbocycles. The quantitative estimate of drug-likeness (QED) is 0.445. The molecule has 0 amide bonds. The first-order chi connectivity index (χ1) is 8.18. The molecule has 0 aromatic heterocycles. The van der Waals surface area contributed by atoms with Crippen LogP contribution in [-0.4, -0.2) is 30.8 Å². The summed E-state index contributed by atoms with van der Waals surface area (Å²) in [5.41, 5.74) is 0. The van der Waals surface area contributed by atoms with Gasteiger partial charge in [-0.05, 0) is 31.0 Å². The standard InChI is InChI=1S/C12H22N2O2S/c1-10(15)16-8-7-13-12(17)14-9-11-5-3-2-4-6-11/h11H,2-9H2,1H3,(H2,13,14,17). The van der Waals surface area contributed by atoms with Crippen molar-refractivity contribution in [3.8, 4) is 0 Å². The lowest BCUT2D eigenvalue weighted by Crippen LogP contribution is -2.39. The highest BCUT2D eigenvalue weighted by atomic mass is 32.1. The summed E-state index contributed by atoms with van der Waals surface area (Å²) < 4.78 is 4.80. The highest BCUT2D eigenvalue weighted by molar-refractivity contribution is 7.80. The molecule has 1 rings (SSSR count). The van der Waals surface area contributed by atoms with Gasteiger partial charge >= 0.3 is 5.97 Å². The van der Waals surface area contributed by atoms with Crippen LogP contribution >= 0.6 is 12.2 Å². The molecule has 0 aromatic carbocycles. The number of hydrogen-bond acceptors (Lipinski definition) is 3. The fourth-order valence-electron chi connectivity index (χ4n) is 2.05. The average Bonchev–Trinajstić information content (AvgIpc) is 2.33. The molecule has 4 nitrogen and oxygen atoms in total. The van der Waals surface area contributed by atoms with Crippen LogP contribution in [0.25, 0.3) is 0 Å². The Kier molecular flexibility index (Phi) is 6.93. The van der Waals surface area contributed by atoms with Crippen molar-refractivity contribution in [1.82, 2.24) is 10.6 Å². The van der Waals surface area contributed by atoms with Crippen molar-refractivity contribution in [3.63, 3.8) is 0 Å². The van der Waals surface area contributed by atoms with Crippen LogP contribution in [0.5, 0.6) is 0 Å². The third kappa shape index (κ3) is 7.15. The van der Waals surface area contributed by atoms with Crippen LogP contribution in [0.15, 0.2) is 0 Å². The van der Waals surface area contributed by atoms with Crippen LogP contribution in [0.3, 0.4) is 0 Å². The Hall–Kier alpha value is -0.840. The summed E-state index contributed by atoms with van der Waals surface area (Å²) in [6.07, 6.45) is 6.69. The molecule has 5 heteroatoms. The number of carbonyl (C=O) groups excluding carboxylic acids is 1. The maximum atomic E-state index is 10.5. The van der Waals surface area contributed by atoms with Gasteiger partial charge in [0.2, 0.25) is 0 Å². The highest BCUT2D eigenvalue weighted by Gasteiger charge is 2.13. The lowest BCUT2D eigenvalue weighted by atomic mass is 9.89. The van der Waals surface area contributed by atoms with Crippen molar-refractivity contribution in [3.05, 3.63) is 0 Å². The van der Waals surface area contributed by atoms with Gasteiger partial charge in [0.05, 0.1) is 6.54 Å². The first-order valence-corrected chi connectivity index (χ1v) is 6.74. The minimum atomic E-state index is -0.257. The van der Waals surface area contributed by atoms with E-state index in [1.54, 1.807) is 0 Å². The van der Waals surface area contributed by atoms with Gasteiger partial charge in [-0.3, -0.25) is 4.79 Å². The second kappa shape index (κ2) is 8.28. The van der Waals surface area contributed by atoms with E-state index in [2.05, 4.69) is 10.6 Å². The van der Waals surface area contributed by atoms with Crippen LogP contribution in [0.1, 0.15) is 39.0 Å². The number of thiocarbonyl (C=S) groups is 1. The summed E-state index contributed by atoms with van der Waals surface area (Å²) in [5, 5.41) is 6.90. The van der Waals surface area contributed by atoms with Gasteiger partial charge in [-0.15, -0.1) is 0 Å². The zero-order valence-electron chi connectivity index (χ0n) is 10.5. The fraction of sp³-hybridized carbons (Fsp3) is 0.833. The van der Waals surface area contributed by atoms with Crippen molar-refractivity contribution in [2.24, 2.45) is 5.92 Å². The van der Waals surface area contributed by atoms with Gasteiger partial charge in [0.25, 0.3) is 0 Å². The Bertz CT molecular complexity index is 253. The van der Waals surface area contributed by atoms with Gasteiger partial charge in [0.15, 0.2) is 5.11 Å². The largest absolute Gasteiger partial charge is 0.464 e. The molecule has 0 saturated heterocycles. The minimum Gasteiger partial charge on any atom is -0.464 e. The van der Waals surface area contributed by atoms with E-state index in [1.807, 2.05) is 0 Å². The molecule has 0 aromatic rings. The molecule has 98 valence electrons. The number of hydrogen-bond donors (Lipinski definition) is 2. The van der Waals surface area contributed by atoms with E-state index < -0.39 is 0 Å². The maximum Gasteiger partial charge on any atom is 0.302 e. The maximum absolute atomic E-state index is 10.5. The smallest absolute Gasteiger partial charge is 0.302 e. The Morgan fingerprint density at radius 2 is 2.00 bits per heavy atom. The molecule has 1 saturated carbocycles. The van der Waals surface area contributed by atoms with Gasteiger partial charge in [-0.1, -0.05) is 19.3 Å². The third-order valence-electron chi connectivity index (χ3n) is 2.97. The molecule has 0 atom stereocenters. The van der Waals surface area contributed by atoms with Crippen molar-refractivity contribution in [1.29, 1.82) is 0 Å². The Morgan fingerprint density at radius 1 is 1.29 bits per heavy atom. The van der Waals surface area contributed by atoms with E-state index >= 15 is 0 Å². The molecule has 17 heavy (non-hydrogen) atoms. The molecule has 0 radical (unpaired) electrons. The predicted molar refractivity (Wildman–Crippen MR) is 71.8 cm³/mol. The summed E-state index contributed by atoms with van der Waals surface area (Å²) in [7, 11) is 0. The Morgan fingerprint density at radius 3 is 2.65 bits per heavy atom. The van der Waals surface area contributed by atoms with E-state index in [4.69, 9.17) is 17.0 Å². The second-order valence-corrected chi connectivity index (χ2v) is 4.89. The van der Waals surface area contributed by atoms with Crippen LogP contribution in [0.2, 0.25) is 0 Å². The number of rotatable bonds is 5. The molecular formula is C12H22N2O2S. The fourth-order valence-corrected chi connectivity index (χ4v) is 2.24. The van der Waals surface area contributed by atoms with E-state index in [-0.39, 0.29) is 5.97 Å². The topological polar surface area (TPSA) is 50.4 Å². The molecule has 0 bridgehead atoms. The zero-order chi connectivity index (χ0) is 12.5. The molecule has 0 unspecified atom stereocenters. The Labute approximate surface area is 108 Å². The minimum absolute atomic E-state index is 0.257. The van der Waals surface area contributed by atoms with Gasteiger partial charge in [-0.25, -0.2) is 0 Å². The lowest BCUT2D eigenvalue weighted by molar-refractivity contribution is -0.140. The van der Waals surface area contributed by atoms with Crippen LogP contribution in [-0.2, 0) is 9.53 Å². The van der Waals surface area contributed by atoms with Crippen LogP contribution < -0.4 is 10.6 Å². The van der Waals surface area contributed by atoms with E-state index in [9.17, 15) is 4.79 Å². The molecule has 2 N–H and O–H groups in total. The highest BCUT2D eigenvalue weighted by Crippen LogP contribution is 2.22. The number of carbonyl (C=O) groups is 1. The third-order valence-corrected chi connectivity index (χ3v) is 3.26. The number of ether oxygens (including phenoxy) is 1. The average molecular weight is 258 g/mol. The second-order valence-electron chi connectivity index (χ2n) is 4.48. The first-order valence-electron chi connectivity index (χ1n) is 6.33. The van der Waals surface area contributed by atoms with Crippen LogP contribution in [0.4, 0.5) is 0 Å². The van der Waals surface area contributed by atoms with Gasteiger partial charge in [0, 0.05) is 13.5 Å². The van der Waals surface area contributed by atoms with Crippen molar-refractivity contribution < 1.29 is 9.53 Å². The van der Waals surface area contributed by atoms with E-state index in [1.165, 1.54) is 39.0 Å². The Balaban J connectivity index is 1.98.